The second kappa shape index (κ2) is 7.42. The quantitative estimate of drug-likeness (QED) is 0.796. The molecule has 0 aliphatic carbocycles. The van der Waals surface area contributed by atoms with Gasteiger partial charge in [0.1, 0.15) is 24.0 Å². The molecule has 1 unspecified atom stereocenters. The molecule has 1 aromatic carbocycles. The molecule has 2 aromatic rings. The van der Waals surface area contributed by atoms with Crippen LogP contribution in [0.25, 0.3) is 11.0 Å². The standard InChI is InChI=1S/C17H22O5/c1-4-12-7-14-11(3)6-17(19)22-16(14)8-15(12)21-10-13(18)9-20-5-2/h6-8,13,18H,4-5,9-10H2,1-3H3. The van der Waals surface area contributed by atoms with Gasteiger partial charge in [-0.2, -0.15) is 0 Å². The zero-order valence-electron chi connectivity index (χ0n) is 13.2. The normalized spacial score (nSPS) is 12.5. The van der Waals surface area contributed by atoms with Crippen molar-refractivity contribution in [3.05, 3.63) is 39.7 Å². The number of fused-ring (bicyclic) bond motifs is 1. The third kappa shape index (κ3) is 3.87. The van der Waals surface area contributed by atoms with E-state index < -0.39 is 6.10 Å². The summed E-state index contributed by atoms with van der Waals surface area (Å²) < 4.78 is 16.1. The van der Waals surface area contributed by atoms with Gasteiger partial charge in [0.15, 0.2) is 0 Å². The van der Waals surface area contributed by atoms with Crippen molar-refractivity contribution in [1.82, 2.24) is 0 Å². The molecule has 1 aromatic heterocycles. The molecule has 0 saturated heterocycles. The van der Waals surface area contributed by atoms with Gasteiger partial charge in [0.2, 0.25) is 0 Å². The molecule has 1 N–H and O–H groups in total. The summed E-state index contributed by atoms with van der Waals surface area (Å²) in [7, 11) is 0. The summed E-state index contributed by atoms with van der Waals surface area (Å²) in [6.45, 7) is 6.70. The summed E-state index contributed by atoms with van der Waals surface area (Å²) in [4.78, 5) is 11.5. The van der Waals surface area contributed by atoms with E-state index in [0.29, 0.717) is 17.9 Å². The Bertz CT molecular complexity index is 689. The lowest BCUT2D eigenvalue weighted by atomic mass is 10.1. The Morgan fingerprint density at radius 3 is 2.68 bits per heavy atom. The van der Waals surface area contributed by atoms with Gasteiger partial charge in [-0.1, -0.05) is 6.92 Å². The largest absolute Gasteiger partial charge is 0.490 e. The van der Waals surface area contributed by atoms with Crippen LogP contribution >= 0.6 is 0 Å². The van der Waals surface area contributed by atoms with Crippen molar-refractivity contribution in [2.45, 2.75) is 33.3 Å². The number of aliphatic hydroxyl groups excluding tert-OH is 1. The van der Waals surface area contributed by atoms with E-state index >= 15 is 0 Å². The van der Waals surface area contributed by atoms with Gasteiger partial charge >= 0.3 is 5.63 Å². The number of rotatable bonds is 7. The molecule has 0 radical (unpaired) electrons. The zero-order valence-corrected chi connectivity index (χ0v) is 13.2. The Morgan fingerprint density at radius 2 is 2.00 bits per heavy atom. The molecule has 5 nitrogen and oxygen atoms in total. The van der Waals surface area contributed by atoms with Gasteiger partial charge in [0, 0.05) is 24.1 Å². The van der Waals surface area contributed by atoms with Crippen molar-refractivity contribution >= 4 is 11.0 Å². The van der Waals surface area contributed by atoms with Crippen LogP contribution < -0.4 is 10.4 Å². The summed E-state index contributed by atoms with van der Waals surface area (Å²) in [6, 6.07) is 5.17. The van der Waals surface area contributed by atoms with E-state index in [1.165, 1.54) is 6.07 Å². The third-order valence-corrected chi connectivity index (χ3v) is 3.46. The first kappa shape index (κ1) is 16.5. The highest BCUT2D eigenvalue weighted by Gasteiger charge is 2.11. The average molecular weight is 306 g/mol. The lowest BCUT2D eigenvalue weighted by Crippen LogP contribution is -2.23. The van der Waals surface area contributed by atoms with Crippen molar-refractivity contribution in [2.75, 3.05) is 19.8 Å². The monoisotopic (exact) mass is 306 g/mol. The number of benzene rings is 1. The lowest BCUT2D eigenvalue weighted by Gasteiger charge is -2.15. The van der Waals surface area contributed by atoms with Crippen LogP contribution in [0.1, 0.15) is 25.0 Å². The first-order valence-corrected chi connectivity index (χ1v) is 7.51. The second-order valence-corrected chi connectivity index (χ2v) is 5.18. The fourth-order valence-electron chi connectivity index (χ4n) is 2.29. The van der Waals surface area contributed by atoms with Gasteiger partial charge in [-0.3, -0.25) is 0 Å². The fourth-order valence-corrected chi connectivity index (χ4v) is 2.29. The van der Waals surface area contributed by atoms with E-state index in [2.05, 4.69) is 0 Å². The average Bonchev–Trinajstić information content (AvgIpc) is 2.49. The van der Waals surface area contributed by atoms with Crippen molar-refractivity contribution in [3.8, 4) is 5.75 Å². The topological polar surface area (TPSA) is 68.9 Å². The minimum absolute atomic E-state index is 0.133. The molecular weight excluding hydrogens is 284 g/mol. The van der Waals surface area contributed by atoms with Crippen molar-refractivity contribution in [2.24, 2.45) is 0 Å². The Labute approximate surface area is 129 Å². The van der Waals surface area contributed by atoms with Gasteiger partial charge < -0.3 is 19.0 Å². The van der Waals surface area contributed by atoms with Gasteiger partial charge in [-0.15, -0.1) is 0 Å². The molecule has 0 aliphatic rings. The molecule has 0 spiro atoms. The Morgan fingerprint density at radius 1 is 1.23 bits per heavy atom. The van der Waals surface area contributed by atoms with Crippen molar-refractivity contribution in [1.29, 1.82) is 0 Å². The molecule has 0 amide bonds. The molecule has 2 rings (SSSR count). The summed E-state index contributed by atoms with van der Waals surface area (Å²) in [5, 5.41) is 10.7. The van der Waals surface area contributed by atoms with Gasteiger partial charge in [-0.05, 0) is 37.5 Å². The number of hydrogen-bond acceptors (Lipinski definition) is 5. The maximum absolute atomic E-state index is 11.5. The molecule has 22 heavy (non-hydrogen) atoms. The Kier molecular flexibility index (Phi) is 5.57. The zero-order chi connectivity index (χ0) is 16.1. The molecule has 0 saturated carbocycles. The number of hydrogen-bond donors (Lipinski definition) is 1. The van der Waals surface area contributed by atoms with Crippen molar-refractivity contribution < 1.29 is 19.0 Å². The molecule has 0 fully saturated rings. The predicted molar refractivity (Wildman–Crippen MR) is 84.6 cm³/mol. The van der Waals surface area contributed by atoms with Crippen LogP contribution in [0, 0.1) is 6.92 Å². The van der Waals surface area contributed by atoms with E-state index in [9.17, 15) is 9.90 Å². The van der Waals surface area contributed by atoms with E-state index in [-0.39, 0.29) is 18.8 Å². The fraction of sp³-hybridized carbons (Fsp3) is 0.471. The highest BCUT2D eigenvalue weighted by atomic mass is 16.5. The molecule has 0 bridgehead atoms. The van der Waals surface area contributed by atoms with Gasteiger partial charge in [0.25, 0.3) is 0 Å². The third-order valence-electron chi connectivity index (χ3n) is 3.46. The number of aryl methyl sites for hydroxylation is 2. The van der Waals surface area contributed by atoms with Crippen LogP contribution in [0.2, 0.25) is 0 Å². The predicted octanol–water partition coefficient (Wildman–Crippen LogP) is 2.44. The molecule has 1 heterocycles. The summed E-state index contributed by atoms with van der Waals surface area (Å²) in [5.74, 6) is 0.624. The minimum atomic E-state index is -0.690. The highest BCUT2D eigenvalue weighted by Crippen LogP contribution is 2.27. The molecule has 0 aliphatic heterocycles. The maximum Gasteiger partial charge on any atom is 0.336 e. The van der Waals surface area contributed by atoms with E-state index in [4.69, 9.17) is 13.9 Å². The smallest absolute Gasteiger partial charge is 0.336 e. The summed E-state index contributed by atoms with van der Waals surface area (Å²) >= 11 is 0. The van der Waals surface area contributed by atoms with E-state index in [0.717, 1.165) is 22.9 Å². The highest BCUT2D eigenvalue weighted by molar-refractivity contribution is 5.82. The van der Waals surface area contributed by atoms with Crippen molar-refractivity contribution in [3.63, 3.8) is 0 Å². The summed E-state index contributed by atoms with van der Waals surface area (Å²) in [5.41, 5.74) is 2.00. The lowest BCUT2D eigenvalue weighted by molar-refractivity contribution is 0.0163. The van der Waals surface area contributed by atoms with Crippen LogP contribution in [-0.2, 0) is 11.2 Å². The minimum Gasteiger partial charge on any atom is -0.490 e. The van der Waals surface area contributed by atoms with Crippen LogP contribution in [0.5, 0.6) is 5.75 Å². The molecule has 1 atom stereocenters. The maximum atomic E-state index is 11.5. The second-order valence-electron chi connectivity index (χ2n) is 5.18. The summed E-state index contributed by atoms with van der Waals surface area (Å²) in [6.07, 6.45) is 0.0932. The van der Waals surface area contributed by atoms with Crippen LogP contribution in [0.4, 0.5) is 0 Å². The number of aliphatic hydroxyl groups is 1. The first-order valence-electron chi connectivity index (χ1n) is 7.51. The van der Waals surface area contributed by atoms with Crippen LogP contribution in [-0.4, -0.2) is 31.0 Å². The van der Waals surface area contributed by atoms with Gasteiger partial charge in [-0.25, -0.2) is 4.79 Å². The van der Waals surface area contributed by atoms with Gasteiger partial charge in [0.05, 0.1) is 6.61 Å². The Balaban J connectivity index is 2.26. The first-order chi connectivity index (χ1) is 10.5. The SMILES string of the molecule is CCOCC(O)COc1cc2oc(=O)cc(C)c2cc1CC. The number of ether oxygens (including phenoxy) is 2. The molecule has 5 heteroatoms. The molecular formula is C17H22O5. The van der Waals surface area contributed by atoms with Crippen LogP contribution in [0.15, 0.2) is 27.4 Å². The Hall–Kier alpha value is -1.85. The van der Waals surface area contributed by atoms with Crippen LogP contribution in [0.3, 0.4) is 0 Å². The molecule has 120 valence electrons. The van der Waals surface area contributed by atoms with E-state index in [1.807, 2.05) is 26.8 Å². The van der Waals surface area contributed by atoms with E-state index in [1.54, 1.807) is 6.07 Å².